The number of pyridine rings is 1. The molecule has 4 N–H and O–H groups in total. The number of hydrogen-bond acceptors (Lipinski definition) is 6. The topological polar surface area (TPSA) is 157 Å². The molecule has 11 heteroatoms. The minimum atomic E-state index is -4.24. The van der Waals surface area contributed by atoms with Crippen LogP contribution in [-0.2, 0) is 19.6 Å². The number of nitrogens with two attached hydrogens (primary N) is 1. The average molecular weight is 428 g/mol. The molecule has 1 saturated heterocycles. The molecule has 1 radical (unpaired) electrons. The highest BCUT2D eigenvalue weighted by atomic mass is 32.2. The molecule has 1 aliphatic heterocycles. The Morgan fingerprint density at radius 3 is 2.76 bits per heavy atom. The third-order valence-corrected chi connectivity index (χ3v) is 6.98. The Labute approximate surface area is 170 Å². The predicted molar refractivity (Wildman–Crippen MR) is 103 cm³/mol. The van der Waals surface area contributed by atoms with Crippen molar-refractivity contribution in [1.82, 2.24) is 9.62 Å². The van der Waals surface area contributed by atoms with Crippen LogP contribution in [0.2, 0.25) is 0 Å². The molecule has 2 heterocycles. The van der Waals surface area contributed by atoms with Gasteiger partial charge in [-0.1, -0.05) is 6.92 Å². The molecule has 4 atom stereocenters. The predicted octanol–water partition coefficient (Wildman–Crippen LogP) is -0.598. The van der Waals surface area contributed by atoms with Gasteiger partial charge in [0.2, 0.25) is 11.8 Å². The Morgan fingerprint density at radius 1 is 1.45 bits per heavy atom. The van der Waals surface area contributed by atoms with E-state index in [-0.39, 0.29) is 17.6 Å². The highest BCUT2D eigenvalue weighted by Gasteiger charge is 2.41. The van der Waals surface area contributed by atoms with E-state index in [1.807, 2.05) is 0 Å². The van der Waals surface area contributed by atoms with Crippen LogP contribution in [-0.4, -0.2) is 48.0 Å². The maximum atomic E-state index is 13.0. The standard InChI is InChI=1S/C18H27N4O6S/c1-12(18(19)25)6-9-15(23)20-14-8-7-13(2)22(16(24)11-14)29(27,28)17-5-3-4-10-21(17)26/h3-5,9-10,12-14,16,24H,6-8,11H2,1-2H3,(H2,19,25)(H,20,23)/t12-,13+,14-,16-/m0/s1. The lowest BCUT2D eigenvalue weighted by Crippen LogP contribution is -2.49. The fourth-order valence-corrected chi connectivity index (χ4v) is 4.99. The lowest BCUT2D eigenvalue weighted by Gasteiger charge is -2.29. The molecular formula is C18H27N4O6S. The van der Waals surface area contributed by atoms with Crippen LogP contribution >= 0.6 is 0 Å². The van der Waals surface area contributed by atoms with Crippen LogP contribution in [0.4, 0.5) is 0 Å². The Balaban J connectivity index is 2.09. The van der Waals surface area contributed by atoms with E-state index in [0.717, 1.165) is 10.5 Å². The summed E-state index contributed by atoms with van der Waals surface area (Å²) in [5.41, 5.74) is 5.17. The maximum Gasteiger partial charge on any atom is 0.323 e. The quantitative estimate of drug-likeness (QED) is 0.390. The van der Waals surface area contributed by atoms with E-state index in [9.17, 15) is 28.3 Å². The molecule has 10 nitrogen and oxygen atoms in total. The molecule has 0 aromatic carbocycles. The second-order valence-corrected chi connectivity index (χ2v) is 9.08. The summed E-state index contributed by atoms with van der Waals surface area (Å²) in [7, 11) is -4.24. The van der Waals surface area contributed by atoms with Gasteiger partial charge in [0.15, 0.2) is 6.20 Å². The summed E-state index contributed by atoms with van der Waals surface area (Å²) in [4.78, 5) is 23.2. The van der Waals surface area contributed by atoms with Gasteiger partial charge in [-0.2, -0.15) is 9.04 Å². The van der Waals surface area contributed by atoms with Crippen molar-refractivity contribution < 1.29 is 27.8 Å². The Bertz CT molecular complexity index is 847. The highest BCUT2D eigenvalue weighted by molar-refractivity contribution is 7.89. The fourth-order valence-electron chi connectivity index (χ4n) is 3.25. The van der Waals surface area contributed by atoms with Crippen molar-refractivity contribution in [2.24, 2.45) is 11.7 Å². The zero-order valence-corrected chi connectivity index (χ0v) is 17.2. The molecule has 0 bridgehead atoms. The molecule has 0 unspecified atom stereocenters. The lowest BCUT2D eigenvalue weighted by molar-refractivity contribution is -0.646. The van der Waals surface area contributed by atoms with Gasteiger partial charge < -0.3 is 21.4 Å². The third kappa shape index (κ3) is 5.64. The molecule has 0 saturated carbocycles. The maximum absolute atomic E-state index is 13.0. The molecule has 161 valence electrons. The summed E-state index contributed by atoms with van der Waals surface area (Å²) in [6, 6.07) is 2.99. The van der Waals surface area contributed by atoms with Crippen molar-refractivity contribution in [2.45, 2.75) is 62.9 Å². The lowest BCUT2D eigenvalue weighted by atomic mass is 10.0. The molecule has 1 aromatic heterocycles. The number of amides is 2. The summed E-state index contributed by atoms with van der Waals surface area (Å²) in [6.07, 6.45) is 1.97. The number of aliphatic hydroxyl groups is 1. The van der Waals surface area contributed by atoms with Gasteiger partial charge in [0, 0.05) is 36.6 Å². The molecular weight excluding hydrogens is 400 g/mol. The zero-order valence-electron chi connectivity index (χ0n) is 16.4. The first-order valence-corrected chi connectivity index (χ1v) is 10.8. The van der Waals surface area contributed by atoms with Crippen molar-refractivity contribution >= 4 is 21.8 Å². The molecule has 0 aliphatic carbocycles. The minimum Gasteiger partial charge on any atom is -0.618 e. The first-order chi connectivity index (χ1) is 13.5. The van der Waals surface area contributed by atoms with Crippen LogP contribution in [0.3, 0.4) is 0 Å². The molecule has 1 aliphatic rings. The van der Waals surface area contributed by atoms with Crippen LogP contribution < -0.4 is 15.8 Å². The van der Waals surface area contributed by atoms with Crippen LogP contribution in [0.1, 0.15) is 39.5 Å². The minimum absolute atomic E-state index is 0.0276. The van der Waals surface area contributed by atoms with E-state index in [4.69, 9.17) is 5.73 Å². The van der Waals surface area contributed by atoms with Gasteiger partial charge in [-0.15, -0.1) is 0 Å². The summed E-state index contributed by atoms with van der Waals surface area (Å²) in [5, 5.41) is 24.8. The van der Waals surface area contributed by atoms with Gasteiger partial charge in [0.25, 0.3) is 0 Å². The van der Waals surface area contributed by atoms with Crippen molar-refractivity contribution in [3.8, 4) is 0 Å². The SMILES string of the molecule is C[C@@H]1CC[C@H](NC(=O)[CH]C[C@H](C)C(N)=O)C[C@H](O)N1S(=O)(=O)c1cccc[n+]1[O-]. The fraction of sp³-hybridized carbons (Fsp3) is 0.556. The molecule has 1 fully saturated rings. The molecule has 0 spiro atoms. The normalized spacial score (nSPS) is 24.4. The van der Waals surface area contributed by atoms with E-state index in [1.165, 1.54) is 24.6 Å². The summed E-state index contributed by atoms with van der Waals surface area (Å²) < 4.78 is 27.1. The molecule has 1 aromatic rings. The number of nitrogens with zero attached hydrogens (tertiary/aromatic N) is 2. The molecule has 2 rings (SSSR count). The van der Waals surface area contributed by atoms with Gasteiger partial charge in [-0.25, -0.2) is 8.42 Å². The van der Waals surface area contributed by atoms with Crippen molar-refractivity contribution in [3.05, 3.63) is 36.0 Å². The monoisotopic (exact) mass is 427 g/mol. The number of hydrogen-bond donors (Lipinski definition) is 3. The van der Waals surface area contributed by atoms with Gasteiger partial charge in [-0.3, -0.25) is 9.59 Å². The number of primary amides is 1. The molecule has 29 heavy (non-hydrogen) atoms. The number of aromatic nitrogens is 1. The average Bonchev–Trinajstić information content (AvgIpc) is 2.77. The summed E-state index contributed by atoms with van der Waals surface area (Å²) >= 11 is 0. The largest absolute Gasteiger partial charge is 0.618 e. The van der Waals surface area contributed by atoms with E-state index < -0.39 is 51.1 Å². The smallest absolute Gasteiger partial charge is 0.323 e. The number of aliphatic hydroxyl groups excluding tert-OH is 1. The third-order valence-electron chi connectivity index (χ3n) is 4.98. The number of carbonyl (C=O) groups is 2. The van der Waals surface area contributed by atoms with Gasteiger partial charge in [0.1, 0.15) is 6.23 Å². The van der Waals surface area contributed by atoms with Crippen LogP contribution in [0.15, 0.2) is 29.4 Å². The Kier molecular flexibility index (Phi) is 7.55. The van der Waals surface area contributed by atoms with Crippen LogP contribution in [0.25, 0.3) is 0 Å². The number of nitrogens with one attached hydrogen (secondary N) is 1. The van der Waals surface area contributed by atoms with Crippen LogP contribution in [0, 0.1) is 17.5 Å². The van der Waals surface area contributed by atoms with Crippen LogP contribution in [0.5, 0.6) is 0 Å². The first kappa shape index (κ1) is 23.0. The first-order valence-electron chi connectivity index (χ1n) is 9.36. The van der Waals surface area contributed by atoms with Gasteiger partial charge >= 0.3 is 15.0 Å². The zero-order chi connectivity index (χ0) is 21.8. The van der Waals surface area contributed by atoms with E-state index in [1.54, 1.807) is 13.8 Å². The van der Waals surface area contributed by atoms with Crippen molar-refractivity contribution in [2.75, 3.05) is 0 Å². The second-order valence-electron chi connectivity index (χ2n) is 7.29. The summed E-state index contributed by atoms with van der Waals surface area (Å²) in [6.45, 7) is 3.25. The Morgan fingerprint density at radius 2 is 2.14 bits per heavy atom. The van der Waals surface area contributed by atoms with Crippen molar-refractivity contribution in [1.29, 1.82) is 0 Å². The van der Waals surface area contributed by atoms with E-state index in [0.29, 0.717) is 12.8 Å². The van der Waals surface area contributed by atoms with Gasteiger partial charge in [-0.05, 0) is 32.3 Å². The summed E-state index contributed by atoms with van der Waals surface area (Å²) in [5.74, 6) is -1.41. The van der Waals surface area contributed by atoms with E-state index >= 15 is 0 Å². The number of rotatable bonds is 7. The highest BCUT2D eigenvalue weighted by Crippen LogP contribution is 2.27. The second kappa shape index (κ2) is 9.51. The van der Waals surface area contributed by atoms with E-state index in [2.05, 4.69) is 5.32 Å². The molecule has 2 amide bonds. The number of sulfonamides is 1. The van der Waals surface area contributed by atoms with Gasteiger partial charge in [0.05, 0.1) is 6.42 Å². The Hall–Kier alpha value is -2.24. The number of carbonyl (C=O) groups excluding carboxylic acids is 2. The van der Waals surface area contributed by atoms with Crippen molar-refractivity contribution in [3.63, 3.8) is 0 Å².